The molecule has 0 spiro atoms. The van der Waals surface area contributed by atoms with Gasteiger partial charge in [0.05, 0.1) is 0 Å². The third kappa shape index (κ3) is 7.42. The first kappa shape index (κ1) is 26.9. The Bertz CT molecular complexity index is 1460. The van der Waals surface area contributed by atoms with E-state index in [-0.39, 0.29) is 24.2 Å². The molecule has 4 aromatic rings. The van der Waals surface area contributed by atoms with Crippen LogP contribution in [0.3, 0.4) is 0 Å². The molecule has 0 aliphatic heterocycles. The maximum atomic E-state index is 12.7. The Morgan fingerprint density at radius 3 is 2.18 bits per heavy atom. The summed E-state index contributed by atoms with van der Waals surface area (Å²) < 4.78 is 0. The van der Waals surface area contributed by atoms with Crippen LogP contribution in [0.15, 0.2) is 91.1 Å². The minimum Gasteiger partial charge on any atom is -0.465 e. The van der Waals surface area contributed by atoms with Crippen molar-refractivity contribution in [3.8, 4) is 11.1 Å². The number of hydrogen-bond acceptors (Lipinski definition) is 4. The molecule has 4 rings (SSSR count). The van der Waals surface area contributed by atoms with Crippen molar-refractivity contribution in [1.29, 1.82) is 5.41 Å². The number of nitrogens with one attached hydrogen (secondary N) is 5. The van der Waals surface area contributed by atoms with Gasteiger partial charge < -0.3 is 20.7 Å². The number of aromatic amines is 1. The summed E-state index contributed by atoms with van der Waals surface area (Å²) in [7, 11) is 0. The molecule has 0 bridgehead atoms. The quantitative estimate of drug-likeness (QED) is 0.143. The maximum Gasteiger partial charge on any atom is 0.410 e. The SMILES string of the molecule is C[C@H](NC(=O)c1cc(Cc2ccc(-c3ccccc3)cc2)c[nH]1)C(=O)NCc1ccc(C(=N)NC(=O)O)cc1. The van der Waals surface area contributed by atoms with Gasteiger partial charge in [0.2, 0.25) is 5.91 Å². The molecule has 0 unspecified atom stereocenters. The lowest BCUT2D eigenvalue weighted by atomic mass is 10.0. The van der Waals surface area contributed by atoms with E-state index < -0.39 is 12.1 Å². The van der Waals surface area contributed by atoms with Gasteiger partial charge in [0.1, 0.15) is 17.6 Å². The molecule has 3 amide bonds. The van der Waals surface area contributed by atoms with E-state index in [1.807, 2.05) is 23.5 Å². The first-order valence-electron chi connectivity index (χ1n) is 12.4. The normalized spacial score (nSPS) is 11.3. The average molecular weight is 524 g/mol. The van der Waals surface area contributed by atoms with Crippen molar-refractivity contribution >= 4 is 23.7 Å². The summed E-state index contributed by atoms with van der Waals surface area (Å²) >= 11 is 0. The van der Waals surface area contributed by atoms with Crippen LogP contribution in [0.1, 0.15) is 39.7 Å². The van der Waals surface area contributed by atoms with E-state index in [9.17, 15) is 14.4 Å². The first-order chi connectivity index (χ1) is 18.8. The Balaban J connectivity index is 1.25. The lowest BCUT2D eigenvalue weighted by Gasteiger charge is -2.14. The number of hydrogen-bond donors (Lipinski definition) is 6. The molecule has 0 fully saturated rings. The maximum absolute atomic E-state index is 12.7. The number of benzene rings is 3. The zero-order valence-electron chi connectivity index (χ0n) is 21.3. The Labute approximate surface area is 225 Å². The average Bonchev–Trinajstić information content (AvgIpc) is 3.41. The predicted octanol–water partition coefficient (Wildman–Crippen LogP) is 4.30. The number of rotatable bonds is 9. The summed E-state index contributed by atoms with van der Waals surface area (Å²) in [6, 6.07) is 26.1. The zero-order chi connectivity index (χ0) is 27.8. The Morgan fingerprint density at radius 1 is 0.872 bits per heavy atom. The number of H-pyrrole nitrogens is 1. The Kier molecular flexibility index (Phi) is 8.53. The number of carbonyl (C=O) groups is 3. The second-order valence-electron chi connectivity index (χ2n) is 9.08. The highest BCUT2D eigenvalue weighted by Crippen LogP contribution is 2.20. The van der Waals surface area contributed by atoms with E-state index in [1.54, 1.807) is 43.5 Å². The van der Waals surface area contributed by atoms with Crippen LogP contribution < -0.4 is 16.0 Å². The van der Waals surface area contributed by atoms with Gasteiger partial charge in [0.25, 0.3) is 5.91 Å². The van der Waals surface area contributed by atoms with Gasteiger partial charge in [0, 0.05) is 18.3 Å². The van der Waals surface area contributed by atoms with Crippen molar-refractivity contribution in [2.45, 2.75) is 25.9 Å². The molecule has 39 heavy (non-hydrogen) atoms. The highest BCUT2D eigenvalue weighted by molar-refractivity contribution is 6.04. The van der Waals surface area contributed by atoms with Crippen molar-refractivity contribution in [2.75, 3.05) is 0 Å². The molecule has 9 nitrogen and oxygen atoms in total. The molecule has 0 aliphatic carbocycles. The van der Waals surface area contributed by atoms with Gasteiger partial charge in [-0.15, -0.1) is 0 Å². The van der Waals surface area contributed by atoms with E-state index in [0.717, 1.165) is 27.8 Å². The van der Waals surface area contributed by atoms with Crippen LogP contribution in [-0.2, 0) is 17.8 Å². The lowest BCUT2D eigenvalue weighted by molar-refractivity contribution is -0.122. The monoisotopic (exact) mass is 523 g/mol. The molecule has 1 heterocycles. The van der Waals surface area contributed by atoms with Crippen molar-refractivity contribution < 1.29 is 19.5 Å². The van der Waals surface area contributed by atoms with Crippen molar-refractivity contribution in [3.63, 3.8) is 0 Å². The van der Waals surface area contributed by atoms with Gasteiger partial charge >= 0.3 is 6.09 Å². The molecule has 9 heteroatoms. The van der Waals surface area contributed by atoms with Crippen LogP contribution in [0.5, 0.6) is 0 Å². The number of carboxylic acid groups (broad SMARTS) is 1. The van der Waals surface area contributed by atoms with Crippen LogP contribution in [0.25, 0.3) is 11.1 Å². The number of carbonyl (C=O) groups excluding carboxylic acids is 2. The summed E-state index contributed by atoms with van der Waals surface area (Å²) in [4.78, 5) is 38.8. The molecule has 3 aromatic carbocycles. The Morgan fingerprint density at radius 2 is 1.51 bits per heavy atom. The fraction of sp³-hybridized carbons (Fsp3) is 0.133. The summed E-state index contributed by atoms with van der Waals surface area (Å²) in [6.45, 7) is 1.82. The smallest absolute Gasteiger partial charge is 0.410 e. The molecule has 6 N–H and O–H groups in total. The van der Waals surface area contributed by atoms with Gasteiger partial charge in [-0.25, -0.2) is 4.79 Å². The van der Waals surface area contributed by atoms with E-state index in [4.69, 9.17) is 10.5 Å². The molecule has 198 valence electrons. The highest BCUT2D eigenvalue weighted by Gasteiger charge is 2.18. The van der Waals surface area contributed by atoms with Crippen LogP contribution in [0.4, 0.5) is 4.79 Å². The van der Waals surface area contributed by atoms with Crippen molar-refractivity contribution in [3.05, 3.63) is 119 Å². The first-order valence-corrected chi connectivity index (χ1v) is 12.4. The summed E-state index contributed by atoms with van der Waals surface area (Å²) in [5.41, 5.74) is 5.93. The number of amides is 3. The number of amidine groups is 1. The van der Waals surface area contributed by atoms with E-state index in [2.05, 4.69) is 52.0 Å². The van der Waals surface area contributed by atoms with Crippen LogP contribution in [0, 0.1) is 5.41 Å². The van der Waals surface area contributed by atoms with Crippen molar-refractivity contribution in [2.24, 2.45) is 0 Å². The molecule has 0 saturated heterocycles. The van der Waals surface area contributed by atoms with E-state index in [0.29, 0.717) is 17.7 Å². The molecule has 0 saturated carbocycles. The molecule has 1 aromatic heterocycles. The summed E-state index contributed by atoms with van der Waals surface area (Å²) in [5.74, 6) is -0.960. The largest absolute Gasteiger partial charge is 0.465 e. The van der Waals surface area contributed by atoms with Crippen LogP contribution in [-0.4, -0.2) is 39.9 Å². The summed E-state index contributed by atoms with van der Waals surface area (Å²) in [6.07, 6.45) is 1.15. The molecule has 0 aliphatic rings. The highest BCUT2D eigenvalue weighted by atomic mass is 16.4. The van der Waals surface area contributed by atoms with Gasteiger partial charge in [-0.3, -0.25) is 20.3 Å². The molecular formula is C30H29N5O4. The summed E-state index contributed by atoms with van der Waals surface area (Å²) in [5, 5.41) is 23.8. The zero-order valence-corrected chi connectivity index (χ0v) is 21.3. The topological polar surface area (TPSA) is 147 Å². The van der Waals surface area contributed by atoms with Gasteiger partial charge in [-0.1, -0.05) is 78.9 Å². The lowest BCUT2D eigenvalue weighted by Crippen LogP contribution is -2.44. The van der Waals surface area contributed by atoms with E-state index in [1.165, 1.54) is 0 Å². The Hall–Kier alpha value is -5.18. The second kappa shape index (κ2) is 12.4. The second-order valence-corrected chi connectivity index (χ2v) is 9.08. The van der Waals surface area contributed by atoms with Crippen LogP contribution in [0.2, 0.25) is 0 Å². The van der Waals surface area contributed by atoms with Gasteiger partial charge in [0.15, 0.2) is 0 Å². The van der Waals surface area contributed by atoms with Crippen molar-refractivity contribution in [1.82, 2.24) is 20.9 Å². The third-order valence-corrected chi connectivity index (χ3v) is 6.14. The standard InChI is InChI=1S/C30H29N5O4/c1-19(28(36)33-17-21-9-13-25(14-10-21)27(31)35-30(38)39)34-29(37)26-16-22(18-32-26)15-20-7-11-24(12-8-20)23-5-3-2-4-6-23/h2-14,16,18-19,32H,15,17H2,1H3,(H2,31,35)(H,33,36)(H,34,37)(H,38,39)/t19-/m0/s1. The van der Waals surface area contributed by atoms with Crippen LogP contribution >= 0.6 is 0 Å². The van der Waals surface area contributed by atoms with Gasteiger partial charge in [-0.05, 0) is 47.2 Å². The fourth-order valence-electron chi connectivity index (χ4n) is 4.00. The number of aromatic nitrogens is 1. The van der Waals surface area contributed by atoms with Gasteiger partial charge in [-0.2, -0.15) is 0 Å². The minimum absolute atomic E-state index is 0.217. The predicted molar refractivity (Wildman–Crippen MR) is 149 cm³/mol. The molecular weight excluding hydrogens is 494 g/mol. The molecule has 0 radical (unpaired) electrons. The molecule has 1 atom stereocenters. The fourth-order valence-corrected chi connectivity index (χ4v) is 4.00. The van der Waals surface area contributed by atoms with E-state index >= 15 is 0 Å². The third-order valence-electron chi connectivity index (χ3n) is 6.14. The minimum atomic E-state index is -1.31.